The van der Waals surface area contributed by atoms with Gasteiger partial charge in [0.05, 0.1) is 0 Å². The fraction of sp³-hybridized carbons (Fsp3) is 0.0286. The molecule has 0 atom stereocenters. The van der Waals surface area contributed by atoms with E-state index in [-0.39, 0.29) is 0 Å². The third-order valence-corrected chi connectivity index (χ3v) is 7.27. The Labute approximate surface area is 205 Å². The molecule has 7 aromatic carbocycles. The van der Waals surface area contributed by atoms with Gasteiger partial charge >= 0.3 is 0 Å². The lowest BCUT2D eigenvalue weighted by atomic mass is 9.84. The Morgan fingerprint density at radius 1 is 0.371 bits per heavy atom. The number of benzene rings is 7. The van der Waals surface area contributed by atoms with E-state index in [1.165, 1.54) is 70.9 Å². The predicted molar refractivity (Wildman–Crippen MR) is 152 cm³/mol. The van der Waals surface area contributed by atoms with Gasteiger partial charge in [-0.3, -0.25) is 0 Å². The monoisotopic (exact) mass is 444 g/mol. The predicted octanol–water partition coefficient (Wildman–Crippen LogP) is 9.94. The first kappa shape index (κ1) is 20.0. The highest BCUT2D eigenvalue weighted by molar-refractivity contribution is 6.23. The van der Waals surface area contributed by atoms with Crippen LogP contribution in [0.15, 0.2) is 127 Å². The van der Waals surface area contributed by atoms with Gasteiger partial charge in [-0.1, -0.05) is 127 Å². The summed E-state index contributed by atoms with van der Waals surface area (Å²) in [4.78, 5) is 0. The lowest BCUT2D eigenvalue weighted by Crippen LogP contribution is -1.91. The molecule has 0 aromatic heterocycles. The van der Waals surface area contributed by atoms with E-state index in [0.717, 1.165) is 0 Å². The minimum atomic E-state index is 1.26. The highest BCUT2D eigenvalue weighted by Crippen LogP contribution is 2.45. The van der Waals surface area contributed by atoms with Gasteiger partial charge in [0.15, 0.2) is 0 Å². The van der Waals surface area contributed by atoms with Crippen LogP contribution >= 0.6 is 0 Å². The van der Waals surface area contributed by atoms with Crippen molar-refractivity contribution in [2.75, 3.05) is 0 Å². The molecule has 7 rings (SSSR count). The summed E-state index contributed by atoms with van der Waals surface area (Å²) in [5, 5.41) is 10.3. The molecule has 0 heteroatoms. The summed E-state index contributed by atoms with van der Waals surface area (Å²) < 4.78 is 0. The summed E-state index contributed by atoms with van der Waals surface area (Å²) in [6.07, 6.45) is 0. The van der Waals surface area contributed by atoms with Crippen LogP contribution in [0.2, 0.25) is 0 Å². The smallest absolute Gasteiger partial charge is 0.00201 e. The van der Waals surface area contributed by atoms with Gasteiger partial charge in [0.1, 0.15) is 0 Å². The van der Waals surface area contributed by atoms with Crippen LogP contribution in [0.4, 0.5) is 0 Å². The Balaban J connectivity index is 1.64. The minimum absolute atomic E-state index is 1.26. The molecular formula is C35H24. The number of fused-ring (bicyclic) bond motifs is 4. The average Bonchev–Trinajstić information content (AvgIpc) is 2.91. The molecule has 0 aliphatic carbocycles. The summed E-state index contributed by atoms with van der Waals surface area (Å²) in [5.41, 5.74) is 6.46. The molecule has 0 aliphatic heterocycles. The zero-order valence-electron chi connectivity index (χ0n) is 19.6. The van der Waals surface area contributed by atoms with Gasteiger partial charge in [-0.05, 0) is 78.3 Å². The molecule has 7 aromatic rings. The standard InChI is InChI=1S/C35H24/c1-23-17-18-24-19-20-26(22-27(24)21-23)34-30-12-4-6-14-32(30)35(33-15-7-5-13-31(33)34)29-16-8-10-25-9-2-3-11-28(25)29/h2-22H,1H3. The van der Waals surface area contributed by atoms with Crippen LogP contribution in [0.3, 0.4) is 0 Å². The van der Waals surface area contributed by atoms with Crippen LogP contribution in [-0.2, 0) is 0 Å². The fourth-order valence-electron chi connectivity index (χ4n) is 5.69. The lowest BCUT2D eigenvalue weighted by Gasteiger charge is -2.19. The zero-order valence-corrected chi connectivity index (χ0v) is 19.6. The Morgan fingerprint density at radius 3 is 1.66 bits per heavy atom. The van der Waals surface area contributed by atoms with Gasteiger partial charge in [-0.25, -0.2) is 0 Å². The second-order valence-corrected chi connectivity index (χ2v) is 9.43. The molecule has 35 heavy (non-hydrogen) atoms. The van der Waals surface area contributed by atoms with E-state index in [0.29, 0.717) is 0 Å². The summed E-state index contributed by atoms with van der Waals surface area (Å²) in [5.74, 6) is 0. The Hall–Kier alpha value is -4.42. The van der Waals surface area contributed by atoms with Crippen LogP contribution in [0.5, 0.6) is 0 Å². The van der Waals surface area contributed by atoms with E-state index < -0.39 is 0 Å². The first-order valence-corrected chi connectivity index (χ1v) is 12.2. The van der Waals surface area contributed by atoms with E-state index in [2.05, 4.69) is 134 Å². The van der Waals surface area contributed by atoms with Gasteiger partial charge in [0.25, 0.3) is 0 Å². The molecule has 0 spiro atoms. The Bertz CT molecular complexity index is 1840. The van der Waals surface area contributed by atoms with E-state index in [9.17, 15) is 0 Å². The van der Waals surface area contributed by atoms with Crippen molar-refractivity contribution in [3.63, 3.8) is 0 Å². The first-order valence-electron chi connectivity index (χ1n) is 12.2. The van der Waals surface area contributed by atoms with E-state index in [1.54, 1.807) is 0 Å². The van der Waals surface area contributed by atoms with Crippen molar-refractivity contribution in [1.29, 1.82) is 0 Å². The Kier molecular flexibility index (Phi) is 4.47. The van der Waals surface area contributed by atoms with Crippen LogP contribution < -0.4 is 0 Å². The van der Waals surface area contributed by atoms with Crippen LogP contribution in [-0.4, -0.2) is 0 Å². The van der Waals surface area contributed by atoms with Crippen molar-refractivity contribution in [3.8, 4) is 22.3 Å². The second kappa shape index (κ2) is 7.82. The molecular weight excluding hydrogens is 420 g/mol. The molecule has 0 amide bonds. The summed E-state index contributed by atoms with van der Waals surface area (Å²) in [7, 11) is 0. The van der Waals surface area contributed by atoms with Crippen LogP contribution in [0.25, 0.3) is 65.3 Å². The SMILES string of the molecule is Cc1ccc2ccc(-c3c4ccccc4c(-c4cccc5ccccc45)c4ccccc34)cc2c1. The molecule has 0 unspecified atom stereocenters. The highest BCUT2D eigenvalue weighted by atomic mass is 14.2. The first-order chi connectivity index (χ1) is 17.3. The molecule has 0 nitrogen and oxygen atoms in total. The summed E-state index contributed by atoms with van der Waals surface area (Å²) >= 11 is 0. The zero-order chi connectivity index (χ0) is 23.4. The van der Waals surface area contributed by atoms with Gasteiger partial charge in [0.2, 0.25) is 0 Å². The van der Waals surface area contributed by atoms with E-state index >= 15 is 0 Å². The van der Waals surface area contributed by atoms with Crippen molar-refractivity contribution in [2.24, 2.45) is 0 Å². The molecule has 0 fully saturated rings. The topological polar surface area (TPSA) is 0 Å². The lowest BCUT2D eigenvalue weighted by molar-refractivity contribution is 1.51. The van der Waals surface area contributed by atoms with Gasteiger partial charge in [-0.15, -0.1) is 0 Å². The van der Waals surface area contributed by atoms with Crippen LogP contribution in [0.1, 0.15) is 5.56 Å². The Morgan fingerprint density at radius 2 is 0.943 bits per heavy atom. The largest absolute Gasteiger partial charge is 0.0616 e. The summed E-state index contributed by atoms with van der Waals surface area (Å²) in [6.45, 7) is 2.16. The van der Waals surface area contributed by atoms with Gasteiger partial charge in [-0.2, -0.15) is 0 Å². The molecule has 0 aliphatic rings. The van der Waals surface area contributed by atoms with E-state index in [4.69, 9.17) is 0 Å². The average molecular weight is 445 g/mol. The maximum Gasteiger partial charge on any atom is -0.00201 e. The third-order valence-electron chi connectivity index (χ3n) is 7.27. The highest BCUT2D eigenvalue weighted by Gasteiger charge is 2.17. The van der Waals surface area contributed by atoms with Crippen molar-refractivity contribution < 1.29 is 0 Å². The molecule has 0 heterocycles. The van der Waals surface area contributed by atoms with Crippen molar-refractivity contribution in [1.82, 2.24) is 0 Å². The van der Waals surface area contributed by atoms with Crippen molar-refractivity contribution in [3.05, 3.63) is 133 Å². The molecule has 0 bridgehead atoms. The van der Waals surface area contributed by atoms with Gasteiger partial charge in [0, 0.05) is 0 Å². The normalized spacial score (nSPS) is 11.6. The third kappa shape index (κ3) is 3.15. The fourth-order valence-corrected chi connectivity index (χ4v) is 5.69. The van der Waals surface area contributed by atoms with Gasteiger partial charge < -0.3 is 0 Å². The molecule has 0 saturated carbocycles. The minimum Gasteiger partial charge on any atom is -0.0616 e. The summed E-state index contributed by atoms with van der Waals surface area (Å²) in [6, 6.07) is 46.7. The van der Waals surface area contributed by atoms with Crippen molar-refractivity contribution >= 4 is 43.1 Å². The molecule has 0 N–H and O–H groups in total. The number of rotatable bonds is 2. The maximum absolute atomic E-state index is 2.36. The quantitative estimate of drug-likeness (QED) is 0.233. The second-order valence-electron chi connectivity index (χ2n) is 9.43. The molecule has 0 radical (unpaired) electrons. The number of hydrogen-bond donors (Lipinski definition) is 0. The number of aryl methyl sites for hydroxylation is 1. The molecule has 164 valence electrons. The maximum atomic E-state index is 2.36. The van der Waals surface area contributed by atoms with Crippen molar-refractivity contribution in [2.45, 2.75) is 6.92 Å². The molecule has 0 saturated heterocycles. The van der Waals surface area contributed by atoms with E-state index in [1.807, 2.05) is 0 Å². The number of hydrogen-bond acceptors (Lipinski definition) is 0. The van der Waals surface area contributed by atoms with Crippen LogP contribution in [0, 0.1) is 6.92 Å².